The summed E-state index contributed by atoms with van der Waals surface area (Å²) in [6.45, 7) is -3.42. The number of anilines is 4. The Morgan fingerprint density at radius 1 is 0.416 bits per heavy atom. The highest BCUT2D eigenvalue weighted by Gasteiger charge is 2.40. The zero-order valence-electron chi connectivity index (χ0n) is 66.0. The standard InChI is InChI=1S/C38H37F2N12O10P.C37H35F2N12O10P/c1-49-45-35(43-47-49)33-9-3-22(13-41-33)29-7-5-24(11-31(29)39)51-15-27(61-37(51)54)19-58-17-26(53)18-60-63(56,57)21-59-20-28-16-52(38(55)62-28)25-6-8-30(32(40)12-25)23-4-10-34(42-14-23)36-44-48-50(2)46-36;1-48-44-34(42-46-48)32-9-3-21(13-40-32)28-7-5-23(11-30(28)38)50-15-25(59-36(50)53)18-57-19-27(17-52)61-62(55,56)58-20-26-16-51(37(54)60-26)24-6-8-29(31(39)12-24)22-4-10-33(41-14-22)35-43-47-49(2)45-35/h3-14,26-28,53H,15-21H2,1-2H3,(H,56,57);3-14,25-27,52H,15-20H2,1-2H3,(H,55,56)/t26?,27-,28-;25-,26-,27?/m11/s1. The fourth-order valence-corrected chi connectivity index (χ4v) is 14.7. The van der Waals surface area contributed by atoms with E-state index in [0.717, 1.165) is 11.0 Å². The van der Waals surface area contributed by atoms with Crippen LogP contribution in [0.15, 0.2) is 146 Å². The van der Waals surface area contributed by atoms with Gasteiger partial charge in [0.15, 0.2) is 0 Å². The third-order valence-electron chi connectivity index (χ3n) is 19.0. The van der Waals surface area contributed by atoms with Gasteiger partial charge in [0, 0.05) is 69.3 Å². The second kappa shape index (κ2) is 37.8. The van der Waals surface area contributed by atoms with Crippen molar-refractivity contribution < 1.29 is 113 Å². The van der Waals surface area contributed by atoms with Crippen molar-refractivity contribution in [2.75, 3.05) is 105 Å². The smallest absolute Gasteiger partial charge is 0.441 e. The zero-order valence-corrected chi connectivity index (χ0v) is 67.8. The third-order valence-corrected chi connectivity index (χ3v) is 21.1. The number of hydrogen-bond acceptors (Lipinski definition) is 34. The molecule has 4 fully saturated rings. The molecule has 4 aromatic carbocycles. The second-order valence-corrected chi connectivity index (χ2v) is 31.3. The molecule has 4 aliphatic rings. The van der Waals surface area contributed by atoms with E-state index in [9.17, 15) is 48.3 Å². The lowest BCUT2D eigenvalue weighted by Crippen LogP contribution is -2.29. The Hall–Kier alpha value is -13.4. The number of aryl methyl sites for hydroxylation is 4. The van der Waals surface area contributed by atoms with Gasteiger partial charge in [-0.05, 0) is 118 Å². The van der Waals surface area contributed by atoms with Crippen LogP contribution in [0.4, 0.5) is 59.5 Å². The van der Waals surface area contributed by atoms with Crippen LogP contribution in [0.25, 0.3) is 90.6 Å². The average Bonchev–Trinajstić information content (AvgIpc) is 1.73. The van der Waals surface area contributed by atoms with Crippen LogP contribution in [-0.2, 0) is 84.1 Å². The van der Waals surface area contributed by atoms with Gasteiger partial charge in [-0.2, -0.15) is 19.2 Å². The van der Waals surface area contributed by atoms with E-state index in [2.05, 4.69) is 81.6 Å². The lowest BCUT2D eigenvalue weighted by atomic mass is 10.1. The minimum Gasteiger partial charge on any atom is -0.441 e. The number of amides is 4. The minimum absolute atomic E-state index is 0.00591. The first-order chi connectivity index (χ1) is 60.1. The van der Waals surface area contributed by atoms with Gasteiger partial charge < -0.3 is 57.7 Å². The van der Waals surface area contributed by atoms with Gasteiger partial charge in [0.1, 0.15) is 89.0 Å². The summed E-state index contributed by atoms with van der Waals surface area (Å²) < 4.78 is 139. The number of rotatable bonds is 33. The number of carbonyl (C=O) groups is 4. The molecular formula is C75H72F4N24O20P2. The van der Waals surface area contributed by atoms with Crippen LogP contribution >= 0.6 is 15.4 Å². The number of benzene rings is 4. The van der Waals surface area contributed by atoms with E-state index in [0.29, 0.717) is 68.3 Å². The maximum Gasteiger partial charge on any atom is 0.472 e. The largest absolute Gasteiger partial charge is 0.472 e. The average molecular weight is 1770 g/mol. The number of halogens is 4. The molecule has 0 saturated carbocycles. The molecule has 44 nitrogen and oxygen atoms in total. The van der Waals surface area contributed by atoms with Crippen molar-refractivity contribution in [3.8, 4) is 90.6 Å². The number of nitrogens with zero attached hydrogens (tertiary/aromatic N) is 24. The highest BCUT2D eigenvalue weighted by atomic mass is 31.2. The summed E-state index contributed by atoms with van der Waals surface area (Å²) in [4.78, 5) is 98.3. The Morgan fingerprint density at radius 3 is 1.00 bits per heavy atom. The predicted octanol–water partition coefficient (Wildman–Crippen LogP) is 6.71. The van der Waals surface area contributed by atoms with E-state index in [-0.39, 0.29) is 97.6 Å². The number of pyridine rings is 4. The number of carbonyl (C=O) groups excluding carboxylic acids is 4. The quantitative estimate of drug-likeness (QED) is 0.0189. The summed E-state index contributed by atoms with van der Waals surface area (Å²) in [7, 11) is -2.73. The number of aromatic nitrogens is 20. The highest BCUT2D eigenvalue weighted by molar-refractivity contribution is 7.52. The Kier molecular flexibility index (Phi) is 26.1. The number of phosphoric ester groups is 1. The van der Waals surface area contributed by atoms with E-state index in [4.69, 9.17) is 46.7 Å². The number of ether oxygens (including phenoxy) is 7. The summed E-state index contributed by atoms with van der Waals surface area (Å²) >= 11 is 0. The van der Waals surface area contributed by atoms with Crippen molar-refractivity contribution in [2.24, 2.45) is 28.2 Å². The fraction of sp³-hybridized carbons (Fsp3) is 0.307. The molecule has 12 heterocycles. The molecule has 0 aliphatic carbocycles. The first-order valence-electron chi connectivity index (χ1n) is 37.7. The molecule has 4 saturated heterocycles. The maximum atomic E-state index is 15.3. The monoisotopic (exact) mass is 1770 g/mol. The molecule has 0 spiro atoms. The van der Waals surface area contributed by atoms with Crippen LogP contribution in [0.1, 0.15) is 0 Å². The number of tetrazole rings is 4. The van der Waals surface area contributed by atoms with Gasteiger partial charge in [0.2, 0.25) is 23.3 Å². The second-order valence-electron chi connectivity index (χ2n) is 28.1. The summed E-state index contributed by atoms with van der Waals surface area (Å²) in [5, 5.41) is 67.2. The van der Waals surface area contributed by atoms with Crippen LogP contribution in [0.2, 0.25) is 0 Å². The molecule has 4 amide bonds. The van der Waals surface area contributed by atoms with E-state index < -0.39 is 132 Å². The molecule has 0 bridgehead atoms. The molecule has 125 heavy (non-hydrogen) atoms. The molecule has 4 N–H and O–H groups in total. The van der Waals surface area contributed by atoms with E-state index in [1.165, 1.54) is 107 Å². The first-order valence-corrected chi connectivity index (χ1v) is 40.9. The number of hydrogen-bond donors (Lipinski definition) is 4. The van der Waals surface area contributed by atoms with Gasteiger partial charge in [-0.1, -0.05) is 24.3 Å². The summed E-state index contributed by atoms with van der Waals surface area (Å²) in [6.07, 6.45) is -4.11. The Balaban J connectivity index is 0.000000193. The van der Waals surface area contributed by atoms with Gasteiger partial charge in [-0.15, -0.1) is 40.8 Å². The molecule has 0 radical (unpaired) electrons. The Morgan fingerprint density at radius 2 is 0.720 bits per heavy atom. The molecule has 8 aromatic heterocycles. The lowest BCUT2D eigenvalue weighted by molar-refractivity contribution is -0.0239. The summed E-state index contributed by atoms with van der Waals surface area (Å²) in [6, 6.07) is 30.1. The van der Waals surface area contributed by atoms with Crippen LogP contribution in [0.5, 0.6) is 0 Å². The molecule has 50 heteroatoms. The van der Waals surface area contributed by atoms with Gasteiger partial charge in [-0.3, -0.25) is 53.1 Å². The SMILES string of the molecule is Cn1nnc(-c2ccc(-c3ccc(N4C[C@H](COCC(CO)OP(=O)(O)OC[C@H]5CN(c6ccc(-c7ccc(-c8nnn(C)n8)nc7)c(F)c6)C(=O)O5)OC4=O)cc3F)cn2)n1.Cn1nnc(-c2ccc(-c3ccc(N4C[C@H](COCC(O)COP(=O)(O)COC[C@H]5CN(c6ccc(-c7ccc(-c8nnn(C)n8)nc7)c(F)c6)C(=O)O5)OC4=O)cc3F)cn2)n1. The molecule has 8 atom stereocenters. The summed E-state index contributed by atoms with van der Waals surface area (Å²) in [5.74, 6) is -1.19. The van der Waals surface area contributed by atoms with Gasteiger partial charge >= 0.3 is 39.8 Å². The molecule has 650 valence electrons. The topological polar surface area (TPSA) is 515 Å². The summed E-state index contributed by atoms with van der Waals surface area (Å²) in [5.41, 5.74) is 5.59. The van der Waals surface area contributed by atoms with E-state index in [1.54, 1.807) is 94.9 Å². The maximum absolute atomic E-state index is 15.3. The van der Waals surface area contributed by atoms with Crippen molar-refractivity contribution in [3.63, 3.8) is 0 Å². The fourth-order valence-electron chi connectivity index (χ4n) is 13.0. The Labute approximate surface area is 702 Å². The highest BCUT2D eigenvalue weighted by Crippen LogP contribution is 2.46. The van der Waals surface area contributed by atoms with Crippen LogP contribution in [0.3, 0.4) is 0 Å². The van der Waals surface area contributed by atoms with Crippen molar-refractivity contribution in [1.82, 2.24) is 101 Å². The van der Waals surface area contributed by atoms with Crippen molar-refractivity contribution in [1.29, 1.82) is 0 Å². The zero-order chi connectivity index (χ0) is 87.8. The van der Waals surface area contributed by atoms with Crippen molar-refractivity contribution in [3.05, 3.63) is 169 Å². The van der Waals surface area contributed by atoms with Gasteiger partial charge in [0.05, 0.1) is 130 Å². The third kappa shape index (κ3) is 21.1. The van der Waals surface area contributed by atoms with Gasteiger partial charge in [-0.25, -0.2) is 41.3 Å². The van der Waals surface area contributed by atoms with Crippen molar-refractivity contribution in [2.45, 2.75) is 36.6 Å². The van der Waals surface area contributed by atoms with Gasteiger partial charge in [0.25, 0.3) is 0 Å². The van der Waals surface area contributed by atoms with Crippen LogP contribution in [-0.4, -0.2) is 267 Å². The number of cyclic esters (lactones) is 4. The molecule has 12 aromatic rings. The molecule has 16 rings (SSSR count). The molecular weight excluding hydrogens is 1690 g/mol. The first kappa shape index (κ1) is 86.6. The van der Waals surface area contributed by atoms with E-state index >= 15 is 17.6 Å². The Bertz CT molecular complexity index is 6010. The molecule has 4 unspecified atom stereocenters. The van der Waals surface area contributed by atoms with Crippen LogP contribution < -0.4 is 19.6 Å². The van der Waals surface area contributed by atoms with Crippen molar-refractivity contribution >= 4 is 62.5 Å². The number of phosphoric acid groups is 1. The van der Waals surface area contributed by atoms with E-state index in [1.807, 2.05) is 0 Å². The predicted molar refractivity (Wildman–Crippen MR) is 422 cm³/mol. The normalized spacial score (nSPS) is 17.9. The number of aliphatic hydroxyl groups is 2. The minimum atomic E-state index is -4.84. The molecule has 4 aliphatic heterocycles. The lowest BCUT2D eigenvalue weighted by Gasteiger charge is -2.20. The number of aliphatic hydroxyl groups excluding tert-OH is 2. The van der Waals surface area contributed by atoms with Crippen LogP contribution in [0, 0.1) is 23.3 Å².